The molecule has 1 aliphatic heterocycles. The number of hydrogen-bond acceptors (Lipinski definition) is 2. The number of benzene rings is 1. The van der Waals surface area contributed by atoms with Gasteiger partial charge in [-0.3, -0.25) is 0 Å². The molecule has 0 spiro atoms. The molecule has 0 amide bonds. The third-order valence-electron chi connectivity index (χ3n) is 2.62. The van der Waals surface area contributed by atoms with Crippen LogP contribution in [-0.2, 0) is 0 Å². The van der Waals surface area contributed by atoms with Crippen molar-refractivity contribution in [3.63, 3.8) is 0 Å². The summed E-state index contributed by atoms with van der Waals surface area (Å²) in [5.74, 6) is 2.43. The van der Waals surface area contributed by atoms with Crippen LogP contribution in [0.5, 0.6) is 11.5 Å². The second-order valence-corrected chi connectivity index (χ2v) is 4.07. The molecule has 1 aromatic carbocycles. The lowest BCUT2D eigenvalue weighted by atomic mass is 9.99. The predicted molar refractivity (Wildman–Crippen MR) is 60.4 cm³/mol. The van der Waals surface area contributed by atoms with Crippen LogP contribution in [0.1, 0.15) is 17.9 Å². The monoisotopic (exact) mass is 210 g/mol. The Bertz CT molecular complexity index is 325. The summed E-state index contributed by atoms with van der Waals surface area (Å²) in [4.78, 5) is 0. The summed E-state index contributed by atoms with van der Waals surface area (Å²) in [7, 11) is 4.44. The molecule has 0 N–H and O–H groups in total. The molecule has 1 aliphatic rings. The van der Waals surface area contributed by atoms with Gasteiger partial charge in [-0.05, 0) is 18.6 Å². The minimum absolute atomic E-state index is 0.563. The van der Waals surface area contributed by atoms with Crippen molar-refractivity contribution < 1.29 is 9.47 Å². The zero-order chi connectivity index (χ0) is 9.97. The summed E-state index contributed by atoms with van der Waals surface area (Å²) < 4.78 is 10.8. The summed E-state index contributed by atoms with van der Waals surface area (Å²) in [6.07, 6.45) is 2.30. The molecular weight excluding hydrogens is 195 g/mol. The first-order valence-electron chi connectivity index (χ1n) is 4.86. The zero-order valence-corrected chi connectivity index (χ0v) is 9.48. The first-order valence-corrected chi connectivity index (χ1v) is 5.67. The molecule has 0 aromatic heterocycles. The van der Waals surface area contributed by atoms with Crippen molar-refractivity contribution in [1.29, 1.82) is 0 Å². The van der Waals surface area contributed by atoms with Crippen LogP contribution < -0.4 is 9.47 Å². The molecule has 0 saturated carbocycles. The van der Waals surface area contributed by atoms with Crippen LogP contribution in [0, 0.1) is 0 Å². The first-order chi connectivity index (χ1) is 6.85. The molecule has 0 bridgehead atoms. The van der Waals surface area contributed by atoms with E-state index >= 15 is 0 Å². The predicted octanol–water partition coefficient (Wildman–Crippen LogP) is 2.44. The minimum atomic E-state index is 0.563. The highest BCUT2D eigenvalue weighted by Gasteiger charge is 2.23. The van der Waals surface area contributed by atoms with E-state index in [9.17, 15) is 0 Å². The Kier molecular flexibility index (Phi) is 2.93. The molecule has 0 radical (unpaired) electrons. The van der Waals surface area contributed by atoms with Crippen LogP contribution in [0.4, 0.5) is 0 Å². The van der Waals surface area contributed by atoms with Crippen molar-refractivity contribution in [3.8, 4) is 11.5 Å². The molecule has 2 rings (SSSR count). The van der Waals surface area contributed by atoms with Crippen LogP contribution in [0.25, 0.3) is 0 Å². The molecule has 2 unspecified atom stereocenters. The molecule has 0 aliphatic carbocycles. The smallest absolute Gasteiger partial charge is 0.126 e. The summed E-state index contributed by atoms with van der Waals surface area (Å²) in [5.41, 5.74) is 1.33. The summed E-state index contributed by atoms with van der Waals surface area (Å²) in [6, 6.07) is 6.09. The largest absolute Gasteiger partial charge is 0.497 e. The van der Waals surface area contributed by atoms with Gasteiger partial charge in [0.2, 0.25) is 0 Å². The van der Waals surface area contributed by atoms with Crippen LogP contribution >= 0.6 is 9.24 Å². The second kappa shape index (κ2) is 4.18. The average molecular weight is 210 g/mol. The topological polar surface area (TPSA) is 18.5 Å². The van der Waals surface area contributed by atoms with Crippen molar-refractivity contribution in [2.45, 2.75) is 12.3 Å². The molecule has 1 heterocycles. The lowest BCUT2D eigenvalue weighted by Crippen LogP contribution is -2.00. The van der Waals surface area contributed by atoms with Crippen LogP contribution in [0.15, 0.2) is 18.2 Å². The third-order valence-corrected chi connectivity index (χ3v) is 2.95. The highest BCUT2D eigenvalue weighted by Crippen LogP contribution is 2.38. The van der Waals surface area contributed by atoms with Crippen LogP contribution in [0.3, 0.4) is 0 Å². The van der Waals surface area contributed by atoms with E-state index in [1.54, 1.807) is 7.11 Å². The summed E-state index contributed by atoms with van der Waals surface area (Å²) in [6.45, 7) is 0.816. The van der Waals surface area contributed by atoms with Crippen molar-refractivity contribution in [1.82, 2.24) is 0 Å². The van der Waals surface area contributed by atoms with Gasteiger partial charge in [0, 0.05) is 17.5 Å². The fourth-order valence-corrected chi connectivity index (χ4v) is 2.23. The van der Waals surface area contributed by atoms with E-state index in [0.717, 1.165) is 24.3 Å². The van der Waals surface area contributed by atoms with E-state index in [-0.39, 0.29) is 0 Å². The van der Waals surface area contributed by atoms with Gasteiger partial charge >= 0.3 is 0 Å². The van der Waals surface area contributed by atoms with Gasteiger partial charge in [0.25, 0.3) is 0 Å². The van der Waals surface area contributed by atoms with Gasteiger partial charge in [0.05, 0.1) is 13.7 Å². The SMILES string of the molecule is COc1ccc2c(c1)OCC2CCP. The highest BCUT2D eigenvalue weighted by atomic mass is 31.0. The molecular formula is C11H15O2P. The number of fused-ring (bicyclic) bond motifs is 1. The Morgan fingerprint density at radius 1 is 1.57 bits per heavy atom. The Labute approximate surface area is 86.8 Å². The van der Waals surface area contributed by atoms with Crippen molar-refractivity contribution in [3.05, 3.63) is 23.8 Å². The Morgan fingerprint density at radius 2 is 2.43 bits per heavy atom. The molecule has 76 valence electrons. The quantitative estimate of drug-likeness (QED) is 0.713. The number of methoxy groups -OCH3 is 1. The van der Waals surface area contributed by atoms with Gasteiger partial charge in [-0.15, -0.1) is 9.24 Å². The van der Waals surface area contributed by atoms with E-state index in [4.69, 9.17) is 9.47 Å². The van der Waals surface area contributed by atoms with Crippen LogP contribution in [0.2, 0.25) is 0 Å². The highest BCUT2D eigenvalue weighted by molar-refractivity contribution is 7.16. The standard InChI is InChI=1S/C11H15O2P/c1-12-9-2-3-10-8(4-5-14)7-13-11(10)6-9/h2-3,6,8H,4-5,7,14H2,1H3. The van der Waals surface area contributed by atoms with Gasteiger partial charge in [0.15, 0.2) is 0 Å². The molecule has 1 aromatic rings. The van der Waals surface area contributed by atoms with Gasteiger partial charge < -0.3 is 9.47 Å². The van der Waals surface area contributed by atoms with Gasteiger partial charge in [-0.1, -0.05) is 6.07 Å². The van der Waals surface area contributed by atoms with Crippen LogP contribution in [-0.4, -0.2) is 19.9 Å². The van der Waals surface area contributed by atoms with E-state index in [2.05, 4.69) is 15.3 Å². The zero-order valence-electron chi connectivity index (χ0n) is 8.32. The van der Waals surface area contributed by atoms with Gasteiger partial charge in [-0.2, -0.15) is 0 Å². The third kappa shape index (κ3) is 1.72. The van der Waals surface area contributed by atoms with Crippen molar-refractivity contribution in [2.24, 2.45) is 0 Å². The molecule has 0 fully saturated rings. The summed E-state index contributed by atoms with van der Waals surface area (Å²) >= 11 is 0. The Hall–Kier alpha value is -0.750. The minimum Gasteiger partial charge on any atom is -0.497 e. The van der Waals surface area contributed by atoms with E-state index in [0.29, 0.717) is 5.92 Å². The Balaban J connectivity index is 2.24. The van der Waals surface area contributed by atoms with Gasteiger partial charge in [-0.25, -0.2) is 0 Å². The van der Waals surface area contributed by atoms with Gasteiger partial charge in [0.1, 0.15) is 11.5 Å². The molecule has 3 heteroatoms. The fraction of sp³-hybridized carbons (Fsp3) is 0.455. The van der Waals surface area contributed by atoms with E-state index in [1.807, 2.05) is 12.1 Å². The van der Waals surface area contributed by atoms with E-state index < -0.39 is 0 Å². The number of hydrogen-bond donors (Lipinski definition) is 0. The second-order valence-electron chi connectivity index (χ2n) is 3.49. The number of ether oxygens (including phenoxy) is 2. The van der Waals surface area contributed by atoms with Crippen molar-refractivity contribution >= 4 is 9.24 Å². The fourth-order valence-electron chi connectivity index (χ4n) is 1.82. The molecule has 2 atom stereocenters. The lowest BCUT2D eigenvalue weighted by molar-refractivity contribution is 0.326. The normalized spacial score (nSPS) is 18.9. The molecule has 2 nitrogen and oxygen atoms in total. The maximum absolute atomic E-state index is 5.62. The summed E-state index contributed by atoms with van der Waals surface area (Å²) in [5, 5.41) is 0. The molecule has 14 heavy (non-hydrogen) atoms. The maximum Gasteiger partial charge on any atom is 0.126 e. The lowest BCUT2D eigenvalue weighted by Gasteiger charge is -2.06. The van der Waals surface area contributed by atoms with Crippen molar-refractivity contribution in [2.75, 3.05) is 19.9 Å². The first kappa shape index (κ1) is 9.79. The average Bonchev–Trinajstić information content (AvgIpc) is 2.61. The maximum atomic E-state index is 5.62. The number of rotatable bonds is 3. The van der Waals surface area contributed by atoms with E-state index in [1.165, 1.54) is 12.0 Å². The Morgan fingerprint density at radius 3 is 3.14 bits per heavy atom. The molecule has 0 saturated heterocycles.